The minimum atomic E-state index is -0.723. The van der Waals surface area contributed by atoms with Gasteiger partial charge in [-0.3, -0.25) is 9.59 Å². The number of aliphatic carboxylic acids is 1. The molecule has 0 aromatic heterocycles. The molecule has 0 atom stereocenters. The normalized spacial score (nSPS) is 26.9. The molecule has 0 aliphatic heterocycles. The van der Waals surface area contributed by atoms with Gasteiger partial charge >= 0.3 is 5.97 Å². The van der Waals surface area contributed by atoms with E-state index in [2.05, 4.69) is 5.32 Å². The molecule has 0 unspecified atom stereocenters. The molecule has 1 rings (SSSR count). The Morgan fingerprint density at radius 3 is 2.14 bits per heavy atom. The number of carbonyl (C=O) groups is 2. The van der Waals surface area contributed by atoms with Crippen molar-refractivity contribution in [2.45, 2.75) is 32.6 Å². The van der Waals surface area contributed by atoms with Crippen molar-refractivity contribution >= 4 is 11.9 Å². The molecule has 1 saturated carbocycles. The number of carboxylic acids is 1. The van der Waals surface area contributed by atoms with Gasteiger partial charge in [0, 0.05) is 12.5 Å². The minimum Gasteiger partial charge on any atom is -0.481 e. The third-order valence-electron chi connectivity index (χ3n) is 2.80. The third-order valence-corrected chi connectivity index (χ3v) is 2.80. The molecule has 1 amide bonds. The third kappa shape index (κ3) is 2.72. The molecule has 4 nitrogen and oxygen atoms in total. The van der Waals surface area contributed by atoms with Gasteiger partial charge in [0.15, 0.2) is 0 Å². The molecule has 1 aliphatic carbocycles. The summed E-state index contributed by atoms with van der Waals surface area (Å²) in [4.78, 5) is 22.1. The molecule has 0 saturated heterocycles. The molecular weight excluding hydrogens is 182 g/mol. The van der Waals surface area contributed by atoms with E-state index in [9.17, 15) is 9.59 Å². The van der Waals surface area contributed by atoms with Gasteiger partial charge in [-0.25, -0.2) is 0 Å². The summed E-state index contributed by atoms with van der Waals surface area (Å²) in [5, 5.41) is 11.5. The average Bonchev–Trinajstić information content (AvgIpc) is 2.18. The van der Waals surface area contributed by atoms with Crippen molar-refractivity contribution in [1.29, 1.82) is 0 Å². The van der Waals surface area contributed by atoms with E-state index < -0.39 is 5.97 Å². The van der Waals surface area contributed by atoms with Gasteiger partial charge in [0.25, 0.3) is 0 Å². The molecule has 0 aromatic rings. The molecule has 1 fully saturated rings. The van der Waals surface area contributed by atoms with Crippen molar-refractivity contribution in [3.63, 3.8) is 0 Å². The minimum absolute atomic E-state index is 0.0329. The summed E-state index contributed by atoms with van der Waals surface area (Å²) in [5.74, 6) is -0.845. The largest absolute Gasteiger partial charge is 0.481 e. The smallest absolute Gasteiger partial charge is 0.306 e. The molecule has 0 aromatic carbocycles. The molecule has 0 radical (unpaired) electrons. The Hall–Kier alpha value is -1.06. The van der Waals surface area contributed by atoms with Crippen molar-refractivity contribution < 1.29 is 14.7 Å². The predicted molar refractivity (Wildman–Crippen MR) is 51.8 cm³/mol. The maximum Gasteiger partial charge on any atom is 0.306 e. The van der Waals surface area contributed by atoms with E-state index in [1.54, 1.807) is 0 Å². The number of carbonyl (C=O) groups excluding carboxylic acids is 1. The lowest BCUT2D eigenvalue weighted by Crippen LogP contribution is -2.34. The van der Waals surface area contributed by atoms with Crippen LogP contribution in [-0.2, 0) is 9.59 Å². The van der Waals surface area contributed by atoms with Crippen molar-refractivity contribution in [1.82, 2.24) is 5.32 Å². The molecule has 2 N–H and O–H groups in total. The standard InChI is InChI=1S/C10H17NO3/c1-2-11-9(12)7-3-5-8(6-4-7)10(13)14/h7-8H,2-6H2,1H3,(H,11,12)(H,13,14)/t7-,8-. The van der Waals surface area contributed by atoms with Crippen LogP contribution in [0, 0.1) is 11.8 Å². The van der Waals surface area contributed by atoms with Crippen molar-refractivity contribution in [2.75, 3.05) is 6.54 Å². The van der Waals surface area contributed by atoms with E-state index in [0.717, 1.165) is 0 Å². The number of carboxylic acid groups (broad SMARTS) is 1. The van der Waals surface area contributed by atoms with Crippen LogP contribution in [0.4, 0.5) is 0 Å². The number of hydrogen-bond donors (Lipinski definition) is 2. The highest BCUT2D eigenvalue weighted by molar-refractivity contribution is 5.79. The van der Waals surface area contributed by atoms with E-state index >= 15 is 0 Å². The van der Waals surface area contributed by atoms with E-state index in [-0.39, 0.29) is 17.7 Å². The molecule has 0 spiro atoms. The molecule has 14 heavy (non-hydrogen) atoms. The van der Waals surface area contributed by atoms with Gasteiger partial charge in [0.05, 0.1) is 5.92 Å². The van der Waals surface area contributed by atoms with Crippen molar-refractivity contribution in [3.8, 4) is 0 Å². The predicted octanol–water partition coefficient (Wildman–Crippen LogP) is 1.01. The van der Waals surface area contributed by atoms with Crippen LogP contribution in [0.15, 0.2) is 0 Å². The van der Waals surface area contributed by atoms with Gasteiger partial charge < -0.3 is 10.4 Å². The summed E-state index contributed by atoms with van der Waals surface area (Å²) < 4.78 is 0. The first-order chi connectivity index (χ1) is 6.65. The first kappa shape index (κ1) is 11.0. The highest BCUT2D eigenvalue weighted by atomic mass is 16.4. The average molecular weight is 199 g/mol. The summed E-state index contributed by atoms with van der Waals surface area (Å²) in [6.07, 6.45) is 2.69. The first-order valence-electron chi connectivity index (χ1n) is 5.15. The molecule has 4 heteroatoms. The maximum absolute atomic E-state index is 11.4. The summed E-state index contributed by atoms with van der Waals surface area (Å²) in [7, 11) is 0. The van der Waals surface area contributed by atoms with Crippen LogP contribution >= 0.6 is 0 Å². The monoisotopic (exact) mass is 199 g/mol. The lowest BCUT2D eigenvalue weighted by molar-refractivity contribution is -0.144. The van der Waals surface area contributed by atoms with Gasteiger partial charge in [-0.1, -0.05) is 0 Å². The van der Waals surface area contributed by atoms with E-state index in [1.807, 2.05) is 6.92 Å². The zero-order valence-corrected chi connectivity index (χ0v) is 8.45. The molecule has 0 bridgehead atoms. The zero-order valence-electron chi connectivity index (χ0n) is 8.45. The van der Waals surface area contributed by atoms with Gasteiger partial charge in [0.1, 0.15) is 0 Å². The second kappa shape index (κ2) is 4.98. The Kier molecular flexibility index (Phi) is 3.92. The summed E-state index contributed by atoms with van der Waals surface area (Å²) in [5.41, 5.74) is 0. The Labute approximate surface area is 83.7 Å². The quantitative estimate of drug-likeness (QED) is 0.713. The first-order valence-corrected chi connectivity index (χ1v) is 5.15. The van der Waals surface area contributed by atoms with Crippen molar-refractivity contribution in [3.05, 3.63) is 0 Å². The van der Waals surface area contributed by atoms with E-state index in [4.69, 9.17) is 5.11 Å². The van der Waals surface area contributed by atoms with Crippen LogP contribution < -0.4 is 5.32 Å². The highest BCUT2D eigenvalue weighted by Gasteiger charge is 2.29. The number of amides is 1. The second-order valence-electron chi connectivity index (χ2n) is 3.78. The fourth-order valence-corrected chi connectivity index (χ4v) is 1.92. The highest BCUT2D eigenvalue weighted by Crippen LogP contribution is 2.28. The van der Waals surface area contributed by atoms with Crippen LogP contribution in [0.1, 0.15) is 32.6 Å². The van der Waals surface area contributed by atoms with E-state index in [1.165, 1.54) is 0 Å². The summed E-state index contributed by atoms with van der Waals surface area (Å²) in [6.45, 7) is 2.54. The van der Waals surface area contributed by atoms with Gasteiger partial charge in [-0.05, 0) is 32.6 Å². The number of rotatable bonds is 3. The van der Waals surface area contributed by atoms with Gasteiger partial charge in [-0.15, -0.1) is 0 Å². The number of hydrogen-bond acceptors (Lipinski definition) is 2. The fraction of sp³-hybridized carbons (Fsp3) is 0.800. The Morgan fingerprint density at radius 2 is 1.71 bits per heavy atom. The summed E-state index contributed by atoms with van der Waals surface area (Å²) in [6, 6.07) is 0. The second-order valence-corrected chi connectivity index (χ2v) is 3.78. The van der Waals surface area contributed by atoms with Crippen LogP contribution in [0.25, 0.3) is 0 Å². The van der Waals surface area contributed by atoms with Crippen LogP contribution in [0.3, 0.4) is 0 Å². The zero-order chi connectivity index (χ0) is 10.6. The molecule has 80 valence electrons. The van der Waals surface area contributed by atoms with Crippen LogP contribution in [0.5, 0.6) is 0 Å². The van der Waals surface area contributed by atoms with Crippen LogP contribution in [-0.4, -0.2) is 23.5 Å². The Bertz CT molecular complexity index is 219. The topological polar surface area (TPSA) is 66.4 Å². The van der Waals surface area contributed by atoms with Gasteiger partial charge in [0.2, 0.25) is 5.91 Å². The fourth-order valence-electron chi connectivity index (χ4n) is 1.92. The van der Waals surface area contributed by atoms with Crippen LogP contribution in [0.2, 0.25) is 0 Å². The Balaban J connectivity index is 2.35. The molecular formula is C10H17NO3. The molecule has 1 aliphatic rings. The van der Waals surface area contributed by atoms with Gasteiger partial charge in [-0.2, -0.15) is 0 Å². The lowest BCUT2D eigenvalue weighted by atomic mass is 9.81. The lowest BCUT2D eigenvalue weighted by Gasteiger charge is -2.24. The molecule has 0 heterocycles. The van der Waals surface area contributed by atoms with Crippen molar-refractivity contribution in [2.24, 2.45) is 11.8 Å². The summed E-state index contributed by atoms with van der Waals surface area (Å²) >= 11 is 0. The van der Waals surface area contributed by atoms with E-state index in [0.29, 0.717) is 32.2 Å². The Morgan fingerprint density at radius 1 is 1.21 bits per heavy atom. The number of nitrogens with one attached hydrogen (secondary N) is 1. The maximum atomic E-state index is 11.4. The SMILES string of the molecule is CCNC(=O)[C@H]1CC[C@H](C(=O)O)CC1.